The van der Waals surface area contributed by atoms with E-state index in [9.17, 15) is 4.39 Å². The first-order valence-corrected chi connectivity index (χ1v) is 5.01. The molecule has 1 rings (SSSR count). The summed E-state index contributed by atoms with van der Waals surface area (Å²) in [6.07, 6.45) is 0.357. The molecule has 0 saturated heterocycles. The van der Waals surface area contributed by atoms with Crippen LogP contribution in [0.5, 0.6) is 0 Å². The molecular weight excluding hydrogens is 247 g/mol. The highest BCUT2D eigenvalue weighted by Gasteiger charge is 2.05. The monoisotopic (exact) mass is 256 g/mol. The SMILES string of the molecule is CC(CC#N)Nc1ccc(Br)cc1F. The zero-order valence-corrected chi connectivity index (χ0v) is 9.31. The second kappa shape index (κ2) is 4.97. The van der Waals surface area contributed by atoms with Gasteiger partial charge in [-0.1, -0.05) is 15.9 Å². The zero-order valence-electron chi connectivity index (χ0n) is 7.72. The van der Waals surface area contributed by atoms with Crippen LogP contribution >= 0.6 is 15.9 Å². The quantitative estimate of drug-likeness (QED) is 0.901. The fourth-order valence-electron chi connectivity index (χ4n) is 1.06. The first kappa shape index (κ1) is 11.0. The van der Waals surface area contributed by atoms with Crippen LogP contribution in [0.3, 0.4) is 0 Å². The average molecular weight is 257 g/mol. The van der Waals surface area contributed by atoms with Gasteiger partial charge >= 0.3 is 0 Å². The highest BCUT2D eigenvalue weighted by atomic mass is 79.9. The van der Waals surface area contributed by atoms with Crippen LogP contribution in [0.25, 0.3) is 0 Å². The Hall–Kier alpha value is -1.08. The van der Waals surface area contributed by atoms with Crippen molar-refractivity contribution in [1.29, 1.82) is 5.26 Å². The van der Waals surface area contributed by atoms with Crippen molar-refractivity contribution < 1.29 is 4.39 Å². The van der Waals surface area contributed by atoms with Gasteiger partial charge in [0.25, 0.3) is 0 Å². The molecule has 0 aromatic heterocycles. The number of rotatable bonds is 3. The number of hydrogen-bond donors (Lipinski definition) is 1. The summed E-state index contributed by atoms with van der Waals surface area (Å²) in [5.41, 5.74) is 0.427. The lowest BCUT2D eigenvalue weighted by Crippen LogP contribution is -2.14. The molecule has 0 bridgehead atoms. The molecule has 0 radical (unpaired) electrons. The highest BCUT2D eigenvalue weighted by Crippen LogP contribution is 2.20. The van der Waals surface area contributed by atoms with E-state index in [2.05, 4.69) is 21.2 Å². The number of nitrogens with one attached hydrogen (secondary N) is 1. The third kappa shape index (κ3) is 3.00. The lowest BCUT2D eigenvalue weighted by atomic mass is 10.2. The predicted molar refractivity (Wildman–Crippen MR) is 57.4 cm³/mol. The summed E-state index contributed by atoms with van der Waals surface area (Å²) in [6, 6.07) is 6.77. The minimum absolute atomic E-state index is 0.0457. The minimum Gasteiger partial charge on any atom is -0.379 e. The van der Waals surface area contributed by atoms with Crippen molar-refractivity contribution in [2.45, 2.75) is 19.4 Å². The molecule has 14 heavy (non-hydrogen) atoms. The Bertz CT molecular complexity index is 360. The van der Waals surface area contributed by atoms with E-state index >= 15 is 0 Å². The fraction of sp³-hybridized carbons (Fsp3) is 0.300. The van der Waals surface area contributed by atoms with E-state index in [1.54, 1.807) is 12.1 Å². The molecule has 4 heteroatoms. The van der Waals surface area contributed by atoms with Gasteiger partial charge in [-0.3, -0.25) is 0 Å². The molecule has 1 atom stereocenters. The Kier molecular flexibility index (Phi) is 3.90. The Morgan fingerprint density at radius 3 is 2.93 bits per heavy atom. The third-order valence-corrected chi connectivity index (χ3v) is 2.22. The van der Waals surface area contributed by atoms with E-state index < -0.39 is 0 Å². The van der Waals surface area contributed by atoms with Gasteiger partial charge in [-0.15, -0.1) is 0 Å². The van der Waals surface area contributed by atoms with Crippen LogP contribution in [0.4, 0.5) is 10.1 Å². The van der Waals surface area contributed by atoms with Crippen molar-refractivity contribution >= 4 is 21.6 Å². The molecule has 2 nitrogen and oxygen atoms in total. The van der Waals surface area contributed by atoms with Gasteiger partial charge in [0, 0.05) is 10.5 Å². The van der Waals surface area contributed by atoms with Crippen molar-refractivity contribution in [3.05, 3.63) is 28.5 Å². The predicted octanol–water partition coefficient (Wildman–Crippen LogP) is 3.30. The number of nitriles is 1. The van der Waals surface area contributed by atoms with Gasteiger partial charge in [0.05, 0.1) is 18.2 Å². The topological polar surface area (TPSA) is 35.8 Å². The zero-order chi connectivity index (χ0) is 10.6. The van der Waals surface area contributed by atoms with Gasteiger partial charge in [-0.05, 0) is 25.1 Å². The molecule has 0 saturated carbocycles. The molecule has 1 unspecified atom stereocenters. The number of hydrogen-bond acceptors (Lipinski definition) is 2. The van der Waals surface area contributed by atoms with Gasteiger partial charge in [0.1, 0.15) is 5.82 Å². The maximum atomic E-state index is 13.3. The Morgan fingerprint density at radius 2 is 2.36 bits per heavy atom. The molecule has 1 aromatic carbocycles. The largest absolute Gasteiger partial charge is 0.379 e. The van der Waals surface area contributed by atoms with Crippen LogP contribution in [0.2, 0.25) is 0 Å². The minimum atomic E-state index is -0.316. The molecule has 74 valence electrons. The molecule has 0 heterocycles. The van der Waals surface area contributed by atoms with Gasteiger partial charge < -0.3 is 5.32 Å². The first-order valence-electron chi connectivity index (χ1n) is 4.22. The van der Waals surface area contributed by atoms with E-state index in [1.807, 2.05) is 13.0 Å². The maximum Gasteiger partial charge on any atom is 0.147 e. The van der Waals surface area contributed by atoms with E-state index in [0.29, 0.717) is 16.6 Å². The summed E-state index contributed by atoms with van der Waals surface area (Å²) in [6.45, 7) is 1.84. The van der Waals surface area contributed by atoms with E-state index in [-0.39, 0.29) is 11.9 Å². The summed E-state index contributed by atoms with van der Waals surface area (Å²) in [5, 5.41) is 11.4. The average Bonchev–Trinajstić information content (AvgIpc) is 2.10. The van der Waals surface area contributed by atoms with Crippen LogP contribution in [0.15, 0.2) is 22.7 Å². The van der Waals surface area contributed by atoms with Gasteiger partial charge in [0.2, 0.25) is 0 Å². The molecule has 0 spiro atoms. The van der Waals surface area contributed by atoms with Crippen LogP contribution < -0.4 is 5.32 Å². The lowest BCUT2D eigenvalue weighted by Gasteiger charge is -2.12. The molecular formula is C10H10BrFN2. The van der Waals surface area contributed by atoms with E-state index in [4.69, 9.17) is 5.26 Å². The molecule has 0 amide bonds. The molecule has 0 aliphatic heterocycles. The standard InChI is InChI=1S/C10H10BrFN2/c1-7(4-5-13)14-10-3-2-8(11)6-9(10)12/h2-3,6-7,14H,4H2,1H3. The maximum absolute atomic E-state index is 13.3. The molecule has 0 fully saturated rings. The number of benzene rings is 1. The van der Waals surface area contributed by atoms with Crippen molar-refractivity contribution in [3.8, 4) is 6.07 Å². The summed E-state index contributed by atoms with van der Waals surface area (Å²) in [5.74, 6) is -0.316. The third-order valence-electron chi connectivity index (χ3n) is 1.73. The summed E-state index contributed by atoms with van der Waals surface area (Å²) in [7, 11) is 0. The summed E-state index contributed by atoms with van der Waals surface area (Å²) < 4.78 is 14.0. The Morgan fingerprint density at radius 1 is 1.64 bits per heavy atom. The smallest absolute Gasteiger partial charge is 0.147 e. The van der Waals surface area contributed by atoms with Crippen LogP contribution in [-0.2, 0) is 0 Å². The first-order chi connectivity index (χ1) is 6.63. The summed E-state index contributed by atoms with van der Waals surface area (Å²) >= 11 is 3.17. The molecule has 0 aliphatic rings. The fourth-order valence-corrected chi connectivity index (χ4v) is 1.39. The van der Waals surface area contributed by atoms with Crippen molar-refractivity contribution in [2.24, 2.45) is 0 Å². The highest BCUT2D eigenvalue weighted by molar-refractivity contribution is 9.10. The normalized spacial score (nSPS) is 11.9. The van der Waals surface area contributed by atoms with Gasteiger partial charge in [-0.2, -0.15) is 5.26 Å². The van der Waals surface area contributed by atoms with Crippen molar-refractivity contribution in [2.75, 3.05) is 5.32 Å². The van der Waals surface area contributed by atoms with Crippen LogP contribution in [0, 0.1) is 17.1 Å². The second-order valence-corrected chi connectivity index (χ2v) is 3.95. The molecule has 0 aliphatic carbocycles. The second-order valence-electron chi connectivity index (χ2n) is 3.03. The number of anilines is 1. The van der Waals surface area contributed by atoms with E-state index in [0.717, 1.165) is 0 Å². The Balaban J connectivity index is 2.73. The molecule has 1 N–H and O–H groups in total. The molecule has 1 aromatic rings. The number of halogens is 2. The van der Waals surface area contributed by atoms with Crippen molar-refractivity contribution in [1.82, 2.24) is 0 Å². The van der Waals surface area contributed by atoms with Crippen molar-refractivity contribution in [3.63, 3.8) is 0 Å². The van der Waals surface area contributed by atoms with E-state index in [1.165, 1.54) is 6.07 Å². The number of nitrogens with zero attached hydrogens (tertiary/aromatic N) is 1. The Labute approximate surface area is 90.9 Å². The van der Waals surface area contributed by atoms with Gasteiger partial charge in [-0.25, -0.2) is 4.39 Å². The van der Waals surface area contributed by atoms with Crippen LogP contribution in [-0.4, -0.2) is 6.04 Å². The lowest BCUT2D eigenvalue weighted by molar-refractivity contribution is 0.625. The summed E-state index contributed by atoms with van der Waals surface area (Å²) in [4.78, 5) is 0. The van der Waals surface area contributed by atoms with Gasteiger partial charge in [0.15, 0.2) is 0 Å². The van der Waals surface area contributed by atoms with Crippen LogP contribution in [0.1, 0.15) is 13.3 Å².